The number of aliphatic hydroxyl groups excluding tert-OH is 1. The maximum atomic E-state index is 11.7. The number of nitrogens with zero attached hydrogens (tertiary/aromatic N) is 1. The summed E-state index contributed by atoms with van der Waals surface area (Å²) in [5.41, 5.74) is 6.04. The number of rotatable bonds is 11. The largest absolute Gasteiger partial charge is 0.512 e. The molecule has 0 saturated heterocycles. The number of benzene rings is 3. The summed E-state index contributed by atoms with van der Waals surface area (Å²) in [6.07, 6.45) is 7.96. The molecule has 0 aliphatic carbocycles. The van der Waals surface area contributed by atoms with Crippen LogP contribution in [0.2, 0.25) is 0 Å². The molecule has 0 saturated carbocycles. The Balaban J connectivity index is 0.000000347. The minimum Gasteiger partial charge on any atom is -0.512 e. The van der Waals surface area contributed by atoms with Gasteiger partial charge in [-0.3, -0.25) is 9.78 Å². The predicted molar refractivity (Wildman–Crippen MR) is 208 cm³/mol. The van der Waals surface area contributed by atoms with Crippen LogP contribution in [0.25, 0.3) is 42.6 Å². The first-order chi connectivity index (χ1) is 22.9. The third-order valence-corrected chi connectivity index (χ3v) is 10.4. The molecule has 3 aromatic carbocycles. The number of thiophene rings is 1. The number of hydrogen-bond acceptors (Lipinski definition) is 4. The molecule has 0 spiro atoms. The van der Waals surface area contributed by atoms with Gasteiger partial charge in [0.15, 0.2) is 5.78 Å². The number of carbonyl (C=O) groups excluding carboxylic acids is 1. The summed E-state index contributed by atoms with van der Waals surface area (Å²) in [7, 11) is 0. The van der Waals surface area contributed by atoms with Crippen LogP contribution in [0.1, 0.15) is 99.1 Å². The van der Waals surface area contributed by atoms with Gasteiger partial charge in [0.2, 0.25) is 0 Å². The van der Waals surface area contributed by atoms with E-state index in [1.54, 1.807) is 0 Å². The average Bonchev–Trinajstić information content (AvgIpc) is 3.49. The molecule has 0 bridgehead atoms. The Kier molecular flexibility index (Phi) is 15.0. The van der Waals surface area contributed by atoms with Crippen molar-refractivity contribution in [3.8, 4) is 21.7 Å². The van der Waals surface area contributed by atoms with Gasteiger partial charge in [-0.05, 0) is 78.1 Å². The molecule has 5 aromatic rings. The zero-order valence-corrected chi connectivity index (χ0v) is 34.0. The summed E-state index contributed by atoms with van der Waals surface area (Å²) in [5.74, 6) is 1.21. The van der Waals surface area contributed by atoms with Gasteiger partial charge >= 0.3 is 0 Å². The molecule has 0 aliphatic heterocycles. The van der Waals surface area contributed by atoms with E-state index in [9.17, 15) is 9.90 Å². The Morgan fingerprint density at radius 1 is 0.898 bits per heavy atom. The number of aliphatic hydroxyl groups is 1. The maximum Gasteiger partial charge on any atom is 0.162 e. The van der Waals surface area contributed by atoms with Gasteiger partial charge in [-0.25, -0.2) is 0 Å². The van der Waals surface area contributed by atoms with Crippen LogP contribution in [0.4, 0.5) is 0 Å². The molecule has 1 N–H and O–H groups in total. The molecule has 5 rings (SSSR count). The van der Waals surface area contributed by atoms with Crippen molar-refractivity contribution in [2.45, 2.75) is 99.8 Å². The zero-order valence-electron chi connectivity index (χ0n) is 30.8. The van der Waals surface area contributed by atoms with Gasteiger partial charge < -0.3 is 5.11 Å². The van der Waals surface area contributed by atoms with Crippen LogP contribution in [0.3, 0.4) is 0 Å². The first-order valence-electron chi connectivity index (χ1n) is 17.8. The van der Waals surface area contributed by atoms with Crippen LogP contribution in [0.5, 0.6) is 0 Å². The zero-order chi connectivity index (χ0) is 35.0. The number of hydrogen-bond donors (Lipinski definition) is 1. The van der Waals surface area contributed by atoms with Crippen LogP contribution in [-0.2, 0) is 36.7 Å². The van der Waals surface area contributed by atoms with Crippen LogP contribution < -0.4 is 0 Å². The summed E-state index contributed by atoms with van der Waals surface area (Å²) in [6.45, 7) is 19.4. The number of ketones is 1. The Morgan fingerprint density at radius 2 is 1.57 bits per heavy atom. The van der Waals surface area contributed by atoms with E-state index in [1.807, 2.05) is 45.2 Å². The molecule has 49 heavy (non-hydrogen) atoms. The van der Waals surface area contributed by atoms with E-state index >= 15 is 0 Å². The van der Waals surface area contributed by atoms with Crippen LogP contribution in [-0.4, -0.2) is 15.9 Å². The van der Waals surface area contributed by atoms with Crippen molar-refractivity contribution >= 4 is 38.0 Å². The Labute approximate surface area is 312 Å². The first kappa shape index (κ1) is 40.3. The molecule has 0 unspecified atom stereocenters. The van der Waals surface area contributed by atoms with Crippen molar-refractivity contribution in [3.63, 3.8) is 0 Å². The van der Waals surface area contributed by atoms with Crippen molar-refractivity contribution in [2.24, 2.45) is 17.8 Å². The van der Waals surface area contributed by atoms with Crippen molar-refractivity contribution in [3.05, 3.63) is 102 Å². The van der Waals surface area contributed by atoms with Gasteiger partial charge in [-0.15, -0.1) is 40.5 Å². The second kappa shape index (κ2) is 18.2. The number of allylic oxidation sites excluding steroid dienone is 2. The molecular weight excluding hydrogens is 799 g/mol. The second-order valence-electron chi connectivity index (χ2n) is 14.4. The summed E-state index contributed by atoms with van der Waals surface area (Å²) < 4.78 is 1.36. The Morgan fingerprint density at radius 3 is 2.20 bits per heavy atom. The van der Waals surface area contributed by atoms with Gasteiger partial charge in [0.25, 0.3) is 0 Å². The Bertz CT molecular complexity index is 1850. The van der Waals surface area contributed by atoms with Gasteiger partial charge in [0.05, 0.1) is 5.76 Å². The van der Waals surface area contributed by atoms with E-state index in [4.69, 9.17) is 4.98 Å². The molecule has 0 fully saturated rings. The van der Waals surface area contributed by atoms with Crippen molar-refractivity contribution in [1.29, 1.82) is 0 Å². The summed E-state index contributed by atoms with van der Waals surface area (Å²) >= 11 is 1.87. The standard InChI is InChI=1S/C31H30NS.C13H24O2.Ir/c1-20(2)14-21-10-11-23-19-30(33-29(23)15-21)24-12-13-32-28(18-24)25-16-22-8-6-7-9-26(22)27(17-25)31(3,4)5;1-5-10(6-2)12(14)9-13(15)11(7-3)8-4;/h6-13,15,17-20H,14H2,1-5H3;9-11,14H,5-8H2,1-4H3;/q-1;;/b;12-9-;. The summed E-state index contributed by atoms with van der Waals surface area (Å²) in [5, 5.41) is 13.5. The third-order valence-electron chi connectivity index (χ3n) is 9.21. The minimum absolute atomic E-state index is 0. The molecule has 5 heteroatoms. The Hall–Kier alpha value is -3.11. The smallest absolute Gasteiger partial charge is 0.162 e. The minimum atomic E-state index is 0. The van der Waals surface area contributed by atoms with E-state index < -0.39 is 0 Å². The van der Waals surface area contributed by atoms with Gasteiger partial charge in [0.1, 0.15) is 0 Å². The SMILES string of the molecule is CC(C)Cc1ccc2cc(-c3ccnc(-c4[c-]c5ccccc5c(C(C)(C)C)c4)c3)sc2c1.CCC(CC)C(=O)/C=C(\O)C(CC)CC.[Ir]. The van der Waals surface area contributed by atoms with E-state index in [0.717, 1.165) is 48.7 Å². The fraction of sp³-hybridized carbons (Fsp3) is 0.409. The first-order valence-corrected chi connectivity index (χ1v) is 18.6. The van der Waals surface area contributed by atoms with Gasteiger partial charge in [-0.2, -0.15) is 0 Å². The van der Waals surface area contributed by atoms with E-state index in [0.29, 0.717) is 5.92 Å². The van der Waals surface area contributed by atoms with Crippen molar-refractivity contribution in [2.75, 3.05) is 0 Å². The van der Waals surface area contributed by atoms with Crippen LogP contribution >= 0.6 is 11.3 Å². The number of fused-ring (bicyclic) bond motifs is 2. The van der Waals surface area contributed by atoms with Crippen molar-refractivity contribution in [1.82, 2.24) is 4.98 Å². The normalized spacial score (nSPS) is 12.0. The molecule has 263 valence electrons. The maximum absolute atomic E-state index is 11.7. The topological polar surface area (TPSA) is 50.2 Å². The van der Waals surface area contributed by atoms with E-state index in [2.05, 4.69) is 107 Å². The molecule has 1 radical (unpaired) electrons. The summed E-state index contributed by atoms with van der Waals surface area (Å²) in [6, 6.07) is 28.0. The van der Waals surface area contributed by atoms with E-state index in [-0.39, 0.29) is 48.9 Å². The molecule has 0 aliphatic rings. The average molecular weight is 853 g/mol. The fourth-order valence-electron chi connectivity index (χ4n) is 6.32. The molecule has 0 atom stereocenters. The van der Waals surface area contributed by atoms with Gasteiger partial charge in [-0.1, -0.05) is 110 Å². The number of aromatic nitrogens is 1. The number of carbonyl (C=O) groups is 1. The third kappa shape index (κ3) is 10.5. The quantitative estimate of drug-likeness (QED) is 0.0818. The molecular formula is C44H54IrNO2S-. The van der Waals surface area contributed by atoms with E-state index in [1.165, 1.54) is 43.1 Å². The summed E-state index contributed by atoms with van der Waals surface area (Å²) in [4.78, 5) is 17.7. The van der Waals surface area contributed by atoms with Crippen molar-refractivity contribution < 1.29 is 30.0 Å². The van der Waals surface area contributed by atoms with Crippen LogP contribution in [0.15, 0.2) is 84.8 Å². The molecule has 3 nitrogen and oxygen atoms in total. The monoisotopic (exact) mass is 853 g/mol. The van der Waals surface area contributed by atoms with Gasteiger partial charge in [0, 0.05) is 59.5 Å². The second-order valence-corrected chi connectivity index (χ2v) is 15.5. The van der Waals surface area contributed by atoms with Crippen LogP contribution in [0, 0.1) is 23.8 Å². The molecule has 2 heterocycles. The predicted octanol–water partition coefficient (Wildman–Crippen LogP) is 12.9. The molecule has 2 aromatic heterocycles. The number of pyridine rings is 1. The fourth-order valence-corrected chi connectivity index (χ4v) is 7.44. The molecule has 0 amide bonds.